The van der Waals surface area contributed by atoms with Crippen LogP contribution >= 0.6 is 0 Å². The topological polar surface area (TPSA) is 18.5 Å². The van der Waals surface area contributed by atoms with E-state index in [1.165, 1.54) is 11.1 Å². The molecule has 17 heavy (non-hydrogen) atoms. The van der Waals surface area contributed by atoms with Crippen molar-refractivity contribution < 1.29 is 9.47 Å². The number of hydrogen-bond donors (Lipinski definition) is 0. The molecule has 2 aromatic rings. The van der Waals surface area contributed by atoms with Gasteiger partial charge >= 0.3 is 0 Å². The SMILES string of the molecule is Cc1ccc2c(c1)OCO2.Cc1ccccc1. The number of rotatable bonds is 0. The second-order valence-electron chi connectivity index (χ2n) is 4.01. The van der Waals surface area contributed by atoms with E-state index in [0.717, 1.165) is 11.5 Å². The summed E-state index contributed by atoms with van der Waals surface area (Å²) in [6.45, 7) is 4.47. The van der Waals surface area contributed by atoms with Crippen LogP contribution in [0, 0.1) is 13.8 Å². The first-order valence-corrected chi connectivity index (χ1v) is 5.63. The molecule has 0 N–H and O–H groups in total. The van der Waals surface area contributed by atoms with Crippen LogP contribution in [0.15, 0.2) is 48.5 Å². The standard InChI is InChI=1S/C8H8O2.C7H8/c1-6-2-3-7-8(4-6)10-5-9-7;1-7-5-3-2-4-6-7/h2-4H,5H2,1H3;2-6H,1H3. The molecular weight excluding hydrogens is 212 g/mol. The van der Waals surface area contributed by atoms with E-state index < -0.39 is 0 Å². The Labute approximate surface area is 102 Å². The zero-order valence-corrected chi connectivity index (χ0v) is 10.1. The lowest BCUT2D eigenvalue weighted by Gasteiger charge is -1.94. The van der Waals surface area contributed by atoms with Gasteiger partial charge in [0.1, 0.15) is 0 Å². The van der Waals surface area contributed by atoms with E-state index in [0.29, 0.717) is 6.79 Å². The van der Waals surface area contributed by atoms with Gasteiger partial charge in [-0.05, 0) is 31.5 Å². The minimum Gasteiger partial charge on any atom is -0.454 e. The van der Waals surface area contributed by atoms with Crippen molar-refractivity contribution in [2.45, 2.75) is 13.8 Å². The van der Waals surface area contributed by atoms with Gasteiger partial charge in [0.25, 0.3) is 0 Å². The summed E-state index contributed by atoms with van der Waals surface area (Å²) in [6.07, 6.45) is 0. The van der Waals surface area contributed by atoms with Crippen molar-refractivity contribution in [3.8, 4) is 11.5 Å². The number of ether oxygens (including phenoxy) is 2. The fourth-order valence-electron chi connectivity index (χ4n) is 1.54. The molecule has 0 fully saturated rings. The largest absolute Gasteiger partial charge is 0.454 e. The van der Waals surface area contributed by atoms with Crippen LogP contribution < -0.4 is 9.47 Å². The van der Waals surface area contributed by atoms with E-state index in [4.69, 9.17) is 9.47 Å². The zero-order valence-electron chi connectivity index (χ0n) is 10.1. The molecule has 0 spiro atoms. The third-order valence-electron chi connectivity index (χ3n) is 2.47. The highest BCUT2D eigenvalue weighted by Gasteiger charge is 2.11. The molecular formula is C15H16O2. The van der Waals surface area contributed by atoms with Crippen molar-refractivity contribution in [3.63, 3.8) is 0 Å². The van der Waals surface area contributed by atoms with E-state index in [-0.39, 0.29) is 0 Å². The molecule has 0 aliphatic carbocycles. The van der Waals surface area contributed by atoms with Gasteiger partial charge in [-0.15, -0.1) is 0 Å². The zero-order chi connectivity index (χ0) is 12.1. The summed E-state index contributed by atoms with van der Waals surface area (Å²) >= 11 is 0. The molecule has 0 amide bonds. The average Bonchev–Trinajstić information content (AvgIpc) is 2.78. The Bertz CT molecular complexity index is 478. The Balaban J connectivity index is 0.000000136. The second kappa shape index (κ2) is 5.39. The molecule has 88 valence electrons. The Morgan fingerprint density at radius 3 is 2.12 bits per heavy atom. The van der Waals surface area contributed by atoms with Crippen molar-refractivity contribution >= 4 is 0 Å². The molecule has 0 radical (unpaired) electrons. The van der Waals surface area contributed by atoms with Gasteiger partial charge in [0.05, 0.1) is 0 Å². The second-order valence-corrected chi connectivity index (χ2v) is 4.01. The number of aryl methyl sites for hydroxylation is 2. The normalized spacial score (nSPS) is 11.6. The predicted molar refractivity (Wildman–Crippen MR) is 68.5 cm³/mol. The molecule has 0 bridgehead atoms. The van der Waals surface area contributed by atoms with Crippen molar-refractivity contribution in [2.24, 2.45) is 0 Å². The maximum atomic E-state index is 5.16. The van der Waals surface area contributed by atoms with Gasteiger partial charge in [-0.3, -0.25) is 0 Å². The maximum Gasteiger partial charge on any atom is 0.231 e. The molecule has 2 aromatic carbocycles. The van der Waals surface area contributed by atoms with Gasteiger partial charge in [-0.25, -0.2) is 0 Å². The fraction of sp³-hybridized carbons (Fsp3) is 0.200. The summed E-state index contributed by atoms with van der Waals surface area (Å²) in [5.41, 5.74) is 2.52. The first-order chi connectivity index (χ1) is 8.25. The summed E-state index contributed by atoms with van der Waals surface area (Å²) < 4.78 is 10.3. The Morgan fingerprint density at radius 1 is 0.765 bits per heavy atom. The third-order valence-corrected chi connectivity index (χ3v) is 2.47. The van der Waals surface area contributed by atoms with Crippen LogP contribution in [0.3, 0.4) is 0 Å². The van der Waals surface area contributed by atoms with Crippen LogP contribution in [0.4, 0.5) is 0 Å². The van der Waals surface area contributed by atoms with Crippen LogP contribution in [0.25, 0.3) is 0 Å². The smallest absolute Gasteiger partial charge is 0.231 e. The fourth-order valence-corrected chi connectivity index (χ4v) is 1.54. The van der Waals surface area contributed by atoms with Gasteiger partial charge in [-0.2, -0.15) is 0 Å². The summed E-state index contributed by atoms with van der Waals surface area (Å²) in [7, 11) is 0. The van der Waals surface area contributed by atoms with E-state index >= 15 is 0 Å². The van der Waals surface area contributed by atoms with Crippen molar-refractivity contribution in [1.82, 2.24) is 0 Å². The van der Waals surface area contributed by atoms with Crippen LogP contribution in [0.1, 0.15) is 11.1 Å². The molecule has 1 heterocycles. The number of benzene rings is 2. The van der Waals surface area contributed by atoms with Gasteiger partial charge < -0.3 is 9.47 Å². The minimum absolute atomic E-state index is 0.360. The highest BCUT2D eigenvalue weighted by Crippen LogP contribution is 2.31. The summed E-state index contributed by atoms with van der Waals surface area (Å²) in [6, 6.07) is 16.2. The summed E-state index contributed by atoms with van der Waals surface area (Å²) in [5.74, 6) is 1.71. The highest BCUT2D eigenvalue weighted by molar-refractivity contribution is 5.43. The molecule has 0 saturated carbocycles. The lowest BCUT2D eigenvalue weighted by atomic mass is 10.2. The Morgan fingerprint density at radius 2 is 1.47 bits per heavy atom. The van der Waals surface area contributed by atoms with Gasteiger partial charge in [0.15, 0.2) is 11.5 Å². The van der Waals surface area contributed by atoms with Crippen LogP contribution in [0.5, 0.6) is 11.5 Å². The van der Waals surface area contributed by atoms with Crippen molar-refractivity contribution in [1.29, 1.82) is 0 Å². The molecule has 0 aromatic heterocycles. The summed E-state index contributed by atoms with van der Waals surface area (Å²) in [4.78, 5) is 0. The van der Waals surface area contributed by atoms with Gasteiger partial charge in [0, 0.05) is 0 Å². The molecule has 1 aliphatic rings. The first-order valence-electron chi connectivity index (χ1n) is 5.63. The number of fused-ring (bicyclic) bond motifs is 1. The van der Waals surface area contributed by atoms with Gasteiger partial charge in [-0.1, -0.05) is 42.0 Å². The molecule has 1 aliphatic heterocycles. The first kappa shape index (κ1) is 11.5. The lowest BCUT2D eigenvalue weighted by molar-refractivity contribution is 0.174. The van der Waals surface area contributed by atoms with Crippen LogP contribution in [-0.4, -0.2) is 6.79 Å². The highest BCUT2D eigenvalue weighted by atomic mass is 16.7. The molecule has 0 unspecified atom stereocenters. The predicted octanol–water partition coefficient (Wildman–Crippen LogP) is 3.72. The average molecular weight is 228 g/mol. The molecule has 2 nitrogen and oxygen atoms in total. The molecule has 0 atom stereocenters. The lowest BCUT2D eigenvalue weighted by Crippen LogP contribution is -1.92. The molecule has 3 rings (SSSR count). The van der Waals surface area contributed by atoms with E-state index in [9.17, 15) is 0 Å². The maximum absolute atomic E-state index is 5.16. The minimum atomic E-state index is 0.360. The van der Waals surface area contributed by atoms with Crippen molar-refractivity contribution in [2.75, 3.05) is 6.79 Å². The van der Waals surface area contributed by atoms with Crippen molar-refractivity contribution in [3.05, 3.63) is 59.7 Å². The number of hydrogen-bond acceptors (Lipinski definition) is 2. The van der Waals surface area contributed by atoms with Crippen LogP contribution in [0.2, 0.25) is 0 Å². The molecule has 2 heteroatoms. The van der Waals surface area contributed by atoms with Crippen LogP contribution in [-0.2, 0) is 0 Å². The summed E-state index contributed by atoms with van der Waals surface area (Å²) in [5, 5.41) is 0. The van der Waals surface area contributed by atoms with E-state index in [2.05, 4.69) is 19.1 Å². The van der Waals surface area contributed by atoms with E-state index in [1.54, 1.807) is 0 Å². The van der Waals surface area contributed by atoms with Gasteiger partial charge in [0.2, 0.25) is 6.79 Å². The third kappa shape index (κ3) is 3.25. The quantitative estimate of drug-likeness (QED) is 0.684. The monoisotopic (exact) mass is 228 g/mol. The Hall–Kier alpha value is -1.96. The molecule has 0 saturated heterocycles. The Kier molecular flexibility index (Phi) is 3.66. The van der Waals surface area contributed by atoms with E-state index in [1.807, 2.05) is 43.3 Å².